The first-order chi connectivity index (χ1) is 13.3. The largest absolute Gasteiger partial charge is 0.491 e. The Balaban J connectivity index is 1.81. The molecule has 0 radical (unpaired) electrons. The van der Waals surface area contributed by atoms with Crippen LogP contribution in [0.25, 0.3) is 0 Å². The van der Waals surface area contributed by atoms with Gasteiger partial charge >= 0.3 is 5.97 Å². The van der Waals surface area contributed by atoms with Crippen molar-refractivity contribution in [3.63, 3.8) is 0 Å². The minimum atomic E-state index is -0.944. The van der Waals surface area contributed by atoms with Crippen LogP contribution in [0.4, 0.5) is 5.69 Å². The van der Waals surface area contributed by atoms with Crippen LogP contribution in [0.3, 0.4) is 0 Å². The zero-order valence-electron chi connectivity index (χ0n) is 14.5. The Bertz CT molecular complexity index is 848. The summed E-state index contributed by atoms with van der Waals surface area (Å²) in [6.45, 7) is 0.206. The molecule has 2 aromatic rings. The van der Waals surface area contributed by atoms with Crippen molar-refractivity contribution in [2.24, 2.45) is 0 Å². The third-order valence-corrected chi connectivity index (χ3v) is 4.11. The zero-order chi connectivity index (χ0) is 20.5. The van der Waals surface area contributed by atoms with Gasteiger partial charge in [-0.3, -0.25) is 9.59 Å². The molecule has 10 heteroatoms. The van der Waals surface area contributed by atoms with Crippen LogP contribution in [0.1, 0.15) is 0 Å². The van der Waals surface area contributed by atoms with Gasteiger partial charge in [-0.05, 0) is 36.4 Å². The van der Waals surface area contributed by atoms with E-state index in [-0.39, 0.29) is 19.8 Å². The van der Waals surface area contributed by atoms with Gasteiger partial charge in [-0.25, -0.2) is 0 Å². The van der Waals surface area contributed by atoms with Gasteiger partial charge in [-0.15, -0.1) is 0 Å². The first-order valence-corrected chi connectivity index (χ1v) is 9.21. The van der Waals surface area contributed by atoms with Crippen LogP contribution in [0.2, 0.25) is 15.1 Å². The monoisotopic (exact) mass is 446 g/mol. The van der Waals surface area contributed by atoms with Crippen LogP contribution in [-0.4, -0.2) is 43.3 Å². The highest BCUT2D eigenvalue weighted by molar-refractivity contribution is 6.35. The number of carbonyl (C=O) groups is 2. The number of ether oxygens (including phenoxy) is 2. The summed E-state index contributed by atoms with van der Waals surface area (Å²) in [6, 6.07) is 9.47. The fourth-order valence-corrected chi connectivity index (χ4v) is 2.75. The molecule has 28 heavy (non-hydrogen) atoms. The quantitative estimate of drug-likeness (QED) is 0.480. The highest BCUT2D eigenvalue weighted by atomic mass is 35.5. The number of carboxylic acids is 1. The standard InChI is InChI=1S/C18H17Cl3N2O5/c19-11-1-3-16(13(20)7-11)28-10-17(24)23-12-2-4-15(14(21)8-12)27-6-5-22-9-18(25)26/h1-4,7-8,22H,5-6,9-10H2,(H,23,24)(H,25,26). The molecule has 1 amide bonds. The molecule has 0 atom stereocenters. The summed E-state index contributed by atoms with van der Waals surface area (Å²) in [5, 5.41) is 14.9. The maximum atomic E-state index is 12.0. The summed E-state index contributed by atoms with van der Waals surface area (Å²) in [4.78, 5) is 22.4. The van der Waals surface area contributed by atoms with Crippen molar-refractivity contribution in [2.45, 2.75) is 0 Å². The molecule has 3 N–H and O–H groups in total. The molecule has 2 aromatic carbocycles. The second-order valence-corrected chi connectivity index (χ2v) is 6.73. The van der Waals surface area contributed by atoms with Gasteiger partial charge in [0.05, 0.1) is 16.6 Å². The third kappa shape index (κ3) is 7.44. The summed E-state index contributed by atoms with van der Waals surface area (Å²) in [5.74, 6) is -0.574. The Morgan fingerprint density at radius 2 is 1.64 bits per heavy atom. The molecule has 0 bridgehead atoms. The fourth-order valence-electron chi connectivity index (χ4n) is 2.06. The number of carbonyl (C=O) groups excluding carboxylic acids is 1. The summed E-state index contributed by atoms with van der Waals surface area (Å²) < 4.78 is 10.8. The zero-order valence-corrected chi connectivity index (χ0v) is 16.8. The highest BCUT2D eigenvalue weighted by Gasteiger charge is 2.09. The molecule has 2 rings (SSSR count). The Labute approximate surface area is 176 Å². The topological polar surface area (TPSA) is 96.9 Å². The second kappa shape index (κ2) is 11.0. The van der Waals surface area contributed by atoms with E-state index in [1.807, 2.05) is 0 Å². The van der Waals surface area contributed by atoms with Gasteiger partial charge in [-0.1, -0.05) is 34.8 Å². The van der Waals surface area contributed by atoms with Crippen LogP contribution in [-0.2, 0) is 9.59 Å². The number of nitrogens with one attached hydrogen (secondary N) is 2. The maximum Gasteiger partial charge on any atom is 0.317 e. The van der Waals surface area contributed by atoms with Crippen molar-refractivity contribution in [1.82, 2.24) is 5.32 Å². The molecule has 150 valence electrons. The number of rotatable bonds is 10. The molecular formula is C18H17Cl3N2O5. The van der Waals surface area contributed by atoms with Crippen LogP contribution >= 0.6 is 34.8 Å². The van der Waals surface area contributed by atoms with Gasteiger partial charge in [0.25, 0.3) is 5.91 Å². The predicted octanol–water partition coefficient (Wildman–Crippen LogP) is 3.72. The SMILES string of the molecule is O=C(O)CNCCOc1ccc(NC(=O)COc2ccc(Cl)cc2Cl)cc1Cl. The van der Waals surface area contributed by atoms with E-state index < -0.39 is 11.9 Å². The van der Waals surface area contributed by atoms with E-state index in [1.54, 1.807) is 24.3 Å². The van der Waals surface area contributed by atoms with Crippen LogP contribution in [0.15, 0.2) is 36.4 Å². The van der Waals surface area contributed by atoms with Gasteiger partial charge in [-0.2, -0.15) is 0 Å². The molecular weight excluding hydrogens is 431 g/mol. The number of hydrogen-bond donors (Lipinski definition) is 3. The van der Waals surface area contributed by atoms with Gasteiger partial charge in [0.15, 0.2) is 6.61 Å². The number of carboxylic acid groups (broad SMARTS) is 1. The molecule has 0 aromatic heterocycles. The van der Waals surface area contributed by atoms with Crippen molar-refractivity contribution in [1.29, 1.82) is 0 Å². The smallest absolute Gasteiger partial charge is 0.317 e. The molecule has 0 saturated carbocycles. The Morgan fingerprint density at radius 3 is 2.32 bits per heavy atom. The summed E-state index contributed by atoms with van der Waals surface area (Å²) >= 11 is 17.9. The Kier molecular flexibility index (Phi) is 8.66. The van der Waals surface area contributed by atoms with Crippen molar-refractivity contribution in [3.8, 4) is 11.5 Å². The lowest BCUT2D eigenvalue weighted by molar-refractivity contribution is -0.136. The van der Waals surface area contributed by atoms with E-state index in [9.17, 15) is 9.59 Å². The third-order valence-electron chi connectivity index (χ3n) is 3.28. The van der Waals surface area contributed by atoms with Crippen LogP contribution in [0, 0.1) is 0 Å². The van der Waals surface area contributed by atoms with Gasteiger partial charge < -0.3 is 25.2 Å². The highest BCUT2D eigenvalue weighted by Crippen LogP contribution is 2.29. The summed E-state index contributed by atoms with van der Waals surface area (Å²) in [7, 11) is 0. The minimum absolute atomic E-state index is 0.147. The predicted molar refractivity (Wildman–Crippen MR) is 108 cm³/mol. The average molecular weight is 448 g/mol. The van der Waals surface area contributed by atoms with Gasteiger partial charge in [0.2, 0.25) is 0 Å². The van der Waals surface area contributed by atoms with E-state index in [4.69, 9.17) is 49.4 Å². The summed E-state index contributed by atoms with van der Waals surface area (Å²) in [5.41, 5.74) is 0.470. The molecule has 0 aliphatic rings. The van der Waals surface area contributed by atoms with E-state index in [2.05, 4.69) is 10.6 Å². The number of amides is 1. The lowest BCUT2D eigenvalue weighted by Crippen LogP contribution is -2.27. The first kappa shape index (κ1) is 22.1. The second-order valence-electron chi connectivity index (χ2n) is 5.48. The molecule has 0 spiro atoms. The number of benzene rings is 2. The number of aliphatic carboxylic acids is 1. The average Bonchev–Trinajstić information content (AvgIpc) is 2.62. The molecule has 0 unspecified atom stereocenters. The maximum absolute atomic E-state index is 12.0. The van der Waals surface area contributed by atoms with Crippen molar-refractivity contribution >= 4 is 52.4 Å². The molecule has 7 nitrogen and oxygen atoms in total. The van der Waals surface area contributed by atoms with Gasteiger partial charge in [0, 0.05) is 17.3 Å². The molecule has 0 aliphatic heterocycles. The van der Waals surface area contributed by atoms with E-state index in [0.29, 0.717) is 38.8 Å². The Morgan fingerprint density at radius 1 is 0.964 bits per heavy atom. The molecule has 0 saturated heterocycles. The first-order valence-electron chi connectivity index (χ1n) is 8.07. The number of anilines is 1. The number of hydrogen-bond acceptors (Lipinski definition) is 5. The lowest BCUT2D eigenvalue weighted by atomic mass is 10.3. The van der Waals surface area contributed by atoms with E-state index in [1.165, 1.54) is 12.1 Å². The molecule has 0 fully saturated rings. The Hall–Kier alpha value is -2.19. The number of halogens is 3. The van der Waals surface area contributed by atoms with E-state index >= 15 is 0 Å². The van der Waals surface area contributed by atoms with Crippen molar-refractivity contribution < 1.29 is 24.2 Å². The van der Waals surface area contributed by atoms with Crippen molar-refractivity contribution in [3.05, 3.63) is 51.5 Å². The lowest BCUT2D eigenvalue weighted by Gasteiger charge is -2.11. The fraction of sp³-hybridized carbons (Fsp3) is 0.222. The van der Waals surface area contributed by atoms with Crippen molar-refractivity contribution in [2.75, 3.05) is 31.6 Å². The van der Waals surface area contributed by atoms with Gasteiger partial charge in [0.1, 0.15) is 18.1 Å². The van der Waals surface area contributed by atoms with E-state index in [0.717, 1.165) is 0 Å². The normalized spacial score (nSPS) is 10.4. The van der Waals surface area contributed by atoms with Crippen LogP contribution < -0.4 is 20.1 Å². The van der Waals surface area contributed by atoms with Crippen LogP contribution in [0.5, 0.6) is 11.5 Å². The minimum Gasteiger partial charge on any atom is -0.491 e. The summed E-state index contributed by atoms with van der Waals surface area (Å²) in [6.07, 6.45) is 0. The molecule has 0 aliphatic carbocycles. The molecule has 0 heterocycles.